The van der Waals surface area contributed by atoms with Gasteiger partial charge in [0, 0.05) is 18.2 Å². The molecule has 0 aliphatic heterocycles. The third kappa shape index (κ3) is 4.13. The van der Waals surface area contributed by atoms with Gasteiger partial charge in [-0.25, -0.2) is 13.5 Å². The normalized spacial score (nSPS) is 12.0. The molecular weight excluding hydrogens is 368 g/mol. The predicted octanol–water partition coefficient (Wildman–Crippen LogP) is 2.88. The minimum Gasteiger partial charge on any atom is -0.341 e. The molecule has 7 nitrogen and oxygen atoms in total. The van der Waals surface area contributed by atoms with Crippen LogP contribution in [-0.2, 0) is 11.3 Å². The van der Waals surface area contributed by atoms with Crippen LogP contribution in [0.3, 0.4) is 0 Å². The van der Waals surface area contributed by atoms with E-state index in [0.717, 1.165) is 30.6 Å². The van der Waals surface area contributed by atoms with Gasteiger partial charge in [-0.05, 0) is 43.7 Å². The van der Waals surface area contributed by atoms with Crippen LogP contribution < -0.4 is 10.6 Å². The van der Waals surface area contributed by atoms with E-state index in [-0.39, 0.29) is 5.69 Å². The van der Waals surface area contributed by atoms with Crippen molar-refractivity contribution in [3.8, 4) is 0 Å². The molecule has 1 aromatic heterocycles. The lowest BCUT2D eigenvalue weighted by atomic mass is 10.1. The molecule has 1 unspecified atom stereocenters. The molecule has 3 aromatic rings. The van der Waals surface area contributed by atoms with Gasteiger partial charge in [0.15, 0.2) is 0 Å². The maximum atomic E-state index is 13.6. The number of aromatic nitrogens is 3. The molecule has 0 fully saturated rings. The average molecular weight is 387 g/mol. The van der Waals surface area contributed by atoms with Crippen LogP contribution in [0.2, 0.25) is 0 Å². The van der Waals surface area contributed by atoms with E-state index in [1.807, 2.05) is 6.92 Å². The first-order valence-electron chi connectivity index (χ1n) is 8.79. The van der Waals surface area contributed by atoms with Gasteiger partial charge in [0.25, 0.3) is 5.91 Å². The molecular formula is C19H19F2N5O2. The Morgan fingerprint density at radius 2 is 1.96 bits per heavy atom. The van der Waals surface area contributed by atoms with Crippen molar-refractivity contribution >= 4 is 28.5 Å². The van der Waals surface area contributed by atoms with Crippen LogP contribution in [0, 0.1) is 11.6 Å². The first-order chi connectivity index (χ1) is 13.4. The van der Waals surface area contributed by atoms with E-state index in [4.69, 9.17) is 0 Å². The summed E-state index contributed by atoms with van der Waals surface area (Å²) in [7, 11) is 0. The number of aryl methyl sites for hydroxylation is 1. The molecule has 2 N–H and O–H groups in total. The Morgan fingerprint density at radius 3 is 2.68 bits per heavy atom. The Morgan fingerprint density at radius 1 is 1.18 bits per heavy atom. The van der Waals surface area contributed by atoms with Crippen LogP contribution in [0.25, 0.3) is 11.0 Å². The molecule has 3 rings (SSSR count). The first-order valence-corrected chi connectivity index (χ1v) is 8.79. The zero-order valence-electron chi connectivity index (χ0n) is 15.4. The quantitative estimate of drug-likeness (QED) is 0.681. The van der Waals surface area contributed by atoms with Crippen molar-refractivity contribution in [2.75, 3.05) is 5.32 Å². The fourth-order valence-corrected chi connectivity index (χ4v) is 2.67. The maximum absolute atomic E-state index is 13.6. The second-order valence-corrected chi connectivity index (χ2v) is 6.32. The summed E-state index contributed by atoms with van der Waals surface area (Å²) in [5.41, 5.74) is 1.55. The number of hydrogen-bond donors (Lipinski definition) is 2. The molecule has 1 atom stereocenters. The Labute approximate surface area is 159 Å². The Hall–Kier alpha value is -3.36. The Bertz CT molecular complexity index is 1030. The van der Waals surface area contributed by atoms with Crippen molar-refractivity contribution in [3.63, 3.8) is 0 Å². The lowest BCUT2D eigenvalue weighted by Crippen LogP contribution is -2.41. The smallest absolute Gasteiger partial charge is 0.251 e. The standard InChI is InChI=1S/C19H19F2N5O2/c1-3-8-26-17-7-4-12(9-16(17)24-25-26)19(28)22-11(2)18(27)23-15-6-5-13(20)10-14(15)21/h4-7,9-11H,3,8H2,1-2H3,(H,22,28)(H,23,27). The van der Waals surface area contributed by atoms with E-state index < -0.39 is 29.5 Å². The third-order valence-corrected chi connectivity index (χ3v) is 4.14. The first kappa shape index (κ1) is 19.4. The van der Waals surface area contributed by atoms with Crippen LogP contribution in [0.1, 0.15) is 30.6 Å². The highest BCUT2D eigenvalue weighted by molar-refractivity contribution is 6.02. The molecule has 0 radical (unpaired) electrons. The lowest BCUT2D eigenvalue weighted by Gasteiger charge is -2.14. The molecule has 0 bridgehead atoms. The van der Waals surface area contributed by atoms with E-state index >= 15 is 0 Å². The number of benzene rings is 2. The molecule has 146 valence electrons. The fourth-order valence-electron chi connectivity index (χ4n) is 2.67. The fraction of sp³-hybridized carbons (Fsp3) is 0.263. The number of halogens is 2. The van der Waals surface area contributed by atoms with Crippen LogP contribution in [0.15, 0.2) is 36.4 Å². The summed E-state index contributed by atoms with van der Waals surface area (Å²) in [6.07, 6.45) is 0.905. The van der Waals surface area contributed by atoms with Gasteiger partial charge >= 0.3 is 0 Å². The second-order valence-electron chi connectivity index (χ2n) is 6.32. The van der Waals surface area contributed by atoms with Gasteiger partial charge in [-0.3, -0.25) is 9.59 Å². The summed E-state index contributed by atoms with van der Waals surface area (Å²) >= 11 is 0. The molecule has 0 saturated carbocycles. The van der Waals surface area contributed by atoms with E-state index in [2.05, 4.69) is 20.9 Å². The Balaban J connectivity index is 1.67. The van der Waals surface area contributed by atoms with E-state index in [1.54, 1.807) is 22.9 Å². The number of nitrogens with zero attached hydrogens (tertiary/aromatic N) is 3. The summed E-state index contributed by atoms with van der Waals surface area (Å²) in [5, 5.41) is 13.0. The summed E-state index contributed by atoms with van der Waals surface area (Å²) in [6.45, 7) is 4.21. The van der Waals surface area contributed by atoms with Gasteiger partial charge < -0.3 is 10.6 Å². The zero-order chi connectivity index (χ0) is 20.3. The van der Waals surface area contributed by atoms with Crippen molar-refractivity contribution in [2.24, 2.45) is 0 Å². The number of carbonyl (C=O) groups excluding carboxylic acids is 2. The monoisotopic (exact) mass is 387 g/mol. The predicted molar refractivity (Wildman–Crippen MR) is 99.7 cm³/mol. The van der Waals surface area contributed by atoms with Crippen molar-refractivity contribution in [3.05, 3.63) is 53.6 Å². The molecule has 0 spiro atoms. The molecule has 1 heterocycles. The van der Waals surface area contributed by atoms with E-state index in [0.29, 0.717) is 17.1 Å². The highest BCUT2D eigenvalue weighted by Gasteiger charge is 2.19. The minimum absolute atomic E-state index is 0.165. The van der Waals surface area contributed by atoms with E-state index in [9.17, 15) is 18.4 Å². The molecule has 9 heteroatoms. The number of anilines is 1. The molecule has 2 aromatic carbocycles. The van der Waals surface area contributed by atoms with Gasteiger partial charge in [-0.15, -0.1) is 5.10 Å². The summed E-state index contributed by atoms with van der Waals surface area (Å²) in [6, 6.07) is 6.83. The van der Waals surface area contributed by atoms with Gasteiger partial charge in [-0.2, -0.15) is 0 Å². The molecule has 0 aliphatic carbocycles. The maximum Gasteiger partial charge on any atom is 0.251 e. The Kier molecular flexibility index (Phi) is 5.62. The largest absolute Gasteiger partial charge is 0.341 e. The zero-order valence-corrected chi connectivity index (χ0v) is 15.4. The van der Waals surface area contributed by atoms with Crippen molar-refractivity contribution in [2.45, 2.75) is 32.9 Å². The van der Waals surface area contributed by atoms with Gasteiger partial charge in [0.2, 0.25) is 5.91 Å². The number of rotatable bonds is 6. The second kappa shape index (κ2) is 8.12. The van der Waals surface area contributed by atoms with Crippen molar-refractivity contribution in [1.29, 1.82) is 0 Å². The van der Waals surface area contributed by atoms with Crippen LogP contribution in [0.5, 0.6) is 0 Å². The number of fused-ring (bicyclic) bond motifs is 1. The van der Waals surface area contributed by atoms with E-state index in [1.165, 1.54) is 6.92 Å². The topological polar surface area (TPSA) is 88.9 Å². The number of amides is 2. The number of hydrogen-bond acceptors (Lipinski definition) is 4. The molecule has 2 amide bonds. The minimum atomic E-state index is -0.941. The number of carbonyl (C=O) groups is 2. The SMILES string of the molecule is CCCn1nnc2cc(C(=O)NC(C)C(=O)Nc3ccc(F)cc3F)ccc21. The van der Waals surface area contributed by atoms with Gasteiger partial charge in [0.1, 0.15) is 23.2 Å². The summed E-state index contributed by atoms with van der Waals surface area (Å²) < 4.78 is 28.3. The average Bonchev–Trinajstić information content (AvgIpc) is 3.06. The van der Waals surface area contributed by atoms with Crippen LogP contribution in [0.4, 0.5) is 14.5 Å². The van der Waals surface area contributed by atoms with Crippen LogP contribution >= 0.6 is 0 Å². The van der Waals surface area contributed by atoms with Crippen molar-refractivity contribution in [1.82, 2.24) is 20.3 Å². The van der Waals surface area contributed by atoms with Crippen molar-refractivity contribution < 1.29 is 18.4 Å². The molecule has 0 saturated heterocycles. The number of nitrogens with one attached hydrogen (secondary N) is 2. The van der Waals surface area contributed by atoms with Gasteiger partial charge in [-0.1, -0.05) is 12.1 Å². The summed E-state index contributed by atoms with van der Waals surface area (Å²) in [5.74, 6) is -2.75. The van der Waals surface area contributed by atoms with Crippen LogP contribution in [-0.4, -0.2) is 32.9 Å². The highest BCUT2D eigenvalue weighted by Crippen LogP contribution is 2.16. The summed E-state index contributed by atoms with van der Waals surface area (Å²) in [4.78, 5) is 24.6. The van der Waals surface area contributed by atoms with Gasteiger partial charge in [0.05, 0.1) is 11.2 Å². The lowest BCUT2D eigenvalue weighted by molar-refractivity contribution is -0.117. The third-order valence-electron chi connectivity index (χ3n) is 4.14. The molecule has 28 heavy (non-hydrogen) atoms. The molecule has 0 aliphatic rings. The highest BCUT2D eigenvalue weighted by atomic mass is 19.1.